The van der Waals surface area contributed by atoms with Crippen LogP contribution in [0.4, 0.5) is 17.1 Å². The van der Waals surface area contributed by atoms with Crippen LogP contribution < -0.4 is 4.90 Å². The normalized spacial score (nSPS) is 12.2. The molecule has 0 heterocycles. The number of anilines is 3. The van der Waals surface area contributed by atoms with Gasteiger partial charge in [-0.25, -0.2) is 0 Å². The Kier molecular flexibility index (Phi) is 6.84. The molecule has 0 N–H and O–H groups in total. The lowest BCUT2D eigenvalue weighted by Crippen LogP contribution is -2.10. The summed E-state index contributed by atoms with van der Waals surface area (Å²) in [7, 11) is 0. The lowest BCUT2D eigenvalue weighted by Gasteiger charge is -2.27. The molecule has 0 aliphatic heterocycles. The first-order chi connectivity index (χ1) is 26.9. The smallest absolute Gasteiger partial charge is 0.0645 e. The molecule has 0 aliphatic carbocycles. The minimum atomic E-state index is -0.116. The van der Waals surface area contributed by atoms with Crippen LogP contribution in [-0.2, 0) is 0 Å². The van der Waals surface area contributed by atoms with Gasteiger partial charge in [-0.15, -0.1) is 0 Å². The van der Waals surface area contributed by atoms with Crippen molar-refractivity contribution in [2.75, 3.05) is 4.90 Å². The molecule has 1 heteroatoms. The van der Waals surface area contributed by atoms with Gasteiger partial charge in [-0.3, -0.25) is 0 Å². The maximum absolute atomic E-state index is 9.53. The van der Waals surface area contributed by atoms with E-state index in [1.807, 2.05) is 108 Å². The molecule has 0 atom stereocenters. The van der Waals surface area contributed by atoms with Crippen molar-refractivity contribution in [3.63, 3.8) is 0 Å². The van der Waals surface area contributed by atoms with Crippen molar-refractivity contribution < 1.29 is 5.48 Å². The minimum absolute atomic E-state index is 0.0932. The van der Waals surface area contributed by atoms with Crippen LogP contribution in [0.25, 0.3) is 66.1 Å². The van der Waals surface area contributed by atoms with Crippen molar-refractivity contribution in [3.05, 3.63) is 212 Å². The zero-order chi connectivity index (χ0) is 37.5. The van der Waals surface area contributed by atoms with Gasteiger partial charge in [0.2, 0.25) is 0 Å². The van der Waals surface area contributed by atoms with Gasteiger partial charge < -0.3 is 4.90 Å². The average molecular weight is 654 g/mol. The molecular formula is C50H35N. The fourth-order valence-electron chi connectivity index (χ4n) is 6.91. The summed E-state index contributed by atoms with van der Waals surface area (Å²) in [6.45, 7) is 0. The molecule has 0 unspecified atom stereocenters. The maximum Gasteiger partial charge on any atom is 0.0645 e. The summed E-state index contributed by atoms with van der Waals surface area (Å²) >= 11 is 0. The molecule has 0 amide bonds. The molecule has 9 aromatic rings. The fraction of sp³-hybridized carbons (Fsp3) is 0. The van der Waals surface area contributed by atoms with E-state index in [0.717, 1.165) is 66.3 Å². The molecule has 0 aromatic heterocycles. The Morgan fingerprint density at radius 2 is 0.804 bits per heavy atom. The summed E-state index contributed by atoms with van der Waals surface area (Å²) in [6, 6.07) is 62.8. The molecule has 51 heavy (non-hydrogen) atoms. The van der Waals surface area contributed by atoms with Gasteiger partial charge in [0.05, 0.1) is 5.48 Å². The molecule has 0 radical (unpaired) electrons. The molecule has 0 aliphatic rings. The van der Waals surface area contributed by atoms with E-state index in [1.165, 1.54) is 0 Å². The third kappa shape index (κ3) is 6.07. The van der Waals surface area contributed by atoms with Gasteiger partial charge >= 0.3 is 0 Å². The van der Waals surface area contributed by atoms with Gasteiger partial charge in [0, 0.05) is 17.1 Å². The van der Waals surface area contributed by atoms with E-state index in [2.05, 4.69) is 84.9 Å². The first-order valence-electron chi connectivity index (χ1n) is 19.2. The summed E-state index contributed by atoms with van der Waals surface area (Å²) in [5.41, 5.74) is 8.68. The van der Waals surface area contributed by atoms with Crippen LogP contribution in [0.15, 0.2) is 212 Å². The molecule has 1 nitrogen and oxygen atoms in total. The Balaban J connectivity index is 1.22. The zero-order valence-electron chi connectivity index (χ0n) is 31.8. The highest BCUT2D eigenvalue weighted by Crippen LogP contribution is 2.40. The van der Waals surface area contributed by atoms with E-state index in [1.54, 1.807) is 0 Å². The number of nitrogens with zero attached hydrogens (tertiary/aromatic N) is 1. The van der Waals surface area contributed by atoms with E-state index in [0.29, 0.717) is 5.56 Å². The van der Waals surface area contributed by atoms with Crippen LogP contribution in [-0.4, -0.2) is 0 Å². The molecule has 0 saturated carbocycles. The Morgan fingerprint density at radius 3 is 1.57 bits per heavy atom. The largest absolute Gasteiger partial charge is 0.310 e. The Bertz CT molecular complexity index is 2830. The van der Waals surface area contributed by atoms with E-state index in [-0.39, 0.29) is 35.4 Å². The summed E-state index contributed by atoms with van der Waals surface area (Å²) in [4.78, 5) is 1.88. The Hall–Kier alpha value is -6.70. The first kappa shape index (κ1) is 26.2. The van der Waals surface area contributed by atoms with Crippen LogP contribution >= 0.6 is 0 Å². The lowest BCUT2D eigenvalue weighted by atomic mass is 9.97. The van der Waals surface area contributed by atoms with Gasteiger partial charge in [0.15, 0.2) is 0 Å². The van der Waals surface area contributed by atoms with Gasteiger partial charge in [-0.1, -0.05) is 170 Å². The van der Waals surface area contributed by atoms with E-state index in [4.69, 9.17) is 0 Å². The molecular weight excluding hydrogens is 615 g/mol. The van der Waals surface area contributed by atoms with Crippen molar-refractivity contribution in [1.29, 1.82) is 0 Å². The molecule has 9 rings (SSSR count). The first-order valence-corrected chi connectivity index (χ1v) is 17.2. The molecule has 0 bridgehead atoms. The predicted molar refractivity (Wildman–Crippen MR) is 218 cm³/mol. The lowest BCUT2D eigenvalue weighted by molar-refractivity contribution is 1.28. The van der Waals surface area contributed by atoms with E-state index >= 15 is 0 Å². The van der Waals surface area contributed by atoms with Crippen molar-refractivity contribution in [2.24, 2.45) is 0 Å². The quantitative estimate of drug-likeness (QED) is 0.165. The molecule has 9 aromatic carbocycles. The SMILES string of the molecule is [2H]c1c([2H])c(N(c2cccc(-c3ccc4ccccc4c3)c2)c2cccc(-c3cccc4ccccc34)c2)c([2H])c([2H])c1-c1ccc(-c2ccccc2)cc1. The van der Waals surface area contributed by atoms with Crippen LogP contribution in [0.1, 0.15) is 5.48 Å². The van der Waals surface area contributed by atoms with Crippen LogP contribution in [0, 0.1) is 0 Å². The summed E-state index contributed by atoms with van der Waals surface area (Å²) in [5.74, 6) is 0. The van der Waals surface area contributed by atoms with Crippen molar-refractivity contribution in [3.8, 4) is 44.5 Å². The zero-order valence-corrected chi connectivity index (χ0v) is 27.8. The van der Waals surface area contributed by atoms with Gasteiger partial charge in [0.1, 0.15) is 0 Å². The molecule has 240 valence electrons. The second kappa shape index (κ2) is 13.3. The number of rotatable bonds is 7. The molecule has 0 fully saturated rings. The van der Waals surface area contributed by atoms with Crippen LogP contribution in [0.5, 0.6) is 0 Å². The van der Waals surface area contributed by atoms with Crippen LogP contribution in [0.2, 0.25) is 0 Å². The molecule has 0 saturated heterocycles. The van der Waals surface area contributed by atoms with Crippen molar-refractivity contribution in [1.82, 2.24) is 0 Å². The second-order valence-electron chi connectivity index (χ2n) is 12.7. The van der Waals surface area contributed by atoms with Gasteiger partial charge in [-0.05, 0) is 108 Å². The van der Waals surface area contributed by atoms with Crippen LogP contribution in [0.3, 0.4) is 0 Å². The highest BCUT2D eigenvalue weighted by molar-refractivity contribution is 5.97. The Morgan fingerprint density at radius 1 is 0.294 bits per heavy atom. The third-order valence-electron chi connectivity index (χ3n) is 9.51. The van der Waals surface area contributed by atoms with Gasteiger partial charge in [0.25, 0.3) is 0 Å². The standard InChI is InChI=1S/C50H35N/c1-2-11-36(12-3-1)38-23-25-39(26-24-38)40-29-31-46(32-30-40)51(47-19-8-17-43(34-47)44-28-27-37-13-4-5-15-42(37)33-44)48-20-9-18-45(35-48)50-22-10-16-41-14-6-7-21-49(41)50/h1-35H/i29D,30D,31D,32D. The fourth-order valence-corrected chi connectivity index (χ4v) is 6.91. The second-order valence-corrected chi connectivity index (χ2v) is 12.7. The number of benzene rings is 9. The van der Waals surface area contributed by atoms with Crippen molar-refractivity contribution in [2.45, 2.75) is 0 Å². The minimum Gasteiger partial charge on any atom is -0.310 e. The average Bonchev–Trinajstić information content (AvgIpc) is 3.25. The third-order valence-corrected chi connectivity index (χ3v) is 9.51. The number of hydrogen-bond acceptors (Lipinski definition) is 1. The molecule has 0 spiro atoms. The maximum atomic E-state index is 9.53. The van der Waals surface area contributed by atoms with Gasteiger partial charge in [-0.2, -0.15) is 0 Å². The highest BCUT2D eigenvalue weighted by Gasteiger charge is 2.16. The summed E-state index contributed by atoms with van der Waals surface area (Å²) in [5, 5.41) is 4.56. The Labute approximate surface area is 305 Å². The van der Waals surface area contributed by atoms with Crippen molar-refractivity contribution >= 4 is 38.6 Å². The summed E-state index contributed by atoms with van der Waals surface area (Å²) < 4.78 is 37.8. The number of hydrogen-bond donors (Lipinski definition) is 0. The van der Waals surface area contributed by atoms with E-state index in [9.17, 15) is 5.48 Å². The topological polar surface area (TPSA) is 3.24 Å². The summed E-state index contributed by atoms with van der Waals surface area (Å²) in [6.07, 6.45) is 0. The monoisotopic (exact) mass is 653 g/mol. The number of fused-ring (bicyclic) bond motifs is 2. The highest BCUT2D eigenvalue weighted by atomic mass is 15.1. The predicted octanol–water partition coefficient (Wildman–Crippen LogP) is 14.1. The van der Waals surface area contributed by atoms with E-state index < -0.39 is 0 Å².